The summed E-state index contributed by atoms with van der Waals surface area (Å²) < 4.78 is 27.6. The van der Waals surface area contributed by atoms with Crippen LogP contribution >= 0.6 is 0 Å². The minimum absolute atomic E-state index is 0.219. The summed E-state index contributed by atoms with van der Waals surface area (Å²) in [6, 6.07) is 14.6. The van der Waals surface area contributed by atoms with Crippen molar-refractivity contribution in [2.45, 2.75) is 30.7 Å². The van der Waals surface area contributed by atoms with Gasteiger partial charge in [-0.05, 0) is 95.1 Å². The van der Waals surface area contributed by atoms with E-state index in [1.165, 1.54) is 54.6 Å². The van der Waals surface area contributed by atoms with Gasteiger partial charge in [-0.25, -0.2) is 19.2 Å². The van der Waals surface area contributed by atoms with Gasteiger partial charge in [-0.3, -0.25) is 0 Å². The summed E-state index contributed by atoms with van der Waals surface area (Å²) in [6.45, 7) is -0.782. The highest BCUT2D eigenvalue weighted by Crippen LogP contribution is 2.31. The molecular weight excluding hydrogens is 792 g/mol. The van der Waals surface area contributed by atoms with Gasteiger partial charge in [0.15, 0.2) is 70.6 Å². The Bertz CT molecular complexity index is 2360. The molecule has 0 aromatic heterocycles. The molecule has 9 N–H and O–H groups in total. The van der Waals surface area contributed by atoms with E-state index in [0.717, 1.165) is 66.8 Å². The number of rotatable bonds is 13. The predicted molar refractivity (Wildman–Crippen MR) is 207 cm³/mol. The first-order valence-electron chi connectivity index (χ1n) is 17.5. The number of ether oxygens (including phenoxy) is 5. The van der Waals surface area contributed by atoms with Crippen molar-refractivity contribution in [3.05, 3.63) is 119 Å². The van der Waals surface area contributed by atoms with E-state index in [2.05, 4.69) is 0 Å². The minimum Gasteiger partial charge on any atom is -0.504 e. The second kappa shape index (κ2) is 19.5. The lowest BCUT2D eigenvalue weighted by atomic mass is 9.98. The van der Waals surface area contributed by atoms with Gasteiger partial charge in [-0.1, -0.05) is 24.3 Å². The predicted octanol–water partition coefficient (Wildman–Crippen LogP) is 3.48. The highest BCUT2D eigenvalue weighted by atomic mass is 16.7. The molecule has 18 heteroatoms. The highest BCUT2D eigenvalue weighted by molar-refractivity contribution is 5.90. The van der Waals surface area contributed by atoms with Gasteiger partial charge in [0.2, 0.25) is 0 Å². The SMILES string of the molecule is O=C(/C=C/c1ccc(O)c(O)c1)OC[C@H]1O[C@H](O)[C@H](OC(=O)/C=C/c2ccc(O)c(O)c2)[C@@H](OC(=O)/C=C/c2ccc(O)c(O)c2)[C@@H]1OC(=O)/C=C/c1ccc(O)c(O)c1. The molecule has 0 aliphatic carbocycles. The Morgan fingerprint density at radius 2 is 0.767 bits per heavy atom. The third-order valence-electron chi connectivity index (χ3n) is 8.40. The van der Waals surface area contributed by atoms with Gasteiger partial charge in [-0.2, -0.15) is 0 Å². The third-order valence-corrected chi connectivity index (χ3v) is 8.40. The quantitative estimate of drug-likeness (QED) is 0.0403. The zero-order valence-corrected chi connectivity index (χ0v) is 30.8. The van der Waals surface area contributed by atoms with Crippen molar-refractivity contribution >= 4 is 48.2 Å². The molecule has 1 heterocycles. The molecular formula is C42H36O18. The number of aliphatic hydroxyl groups is 1. The van der Waals surface area contributed by atoms with E-state index in [1.807, 2.05) is 0 Å². The summed E-state index contributed by atoms with van der Waals surface area (Å²) in [5, 5.41) is 88.8. The van der Waals surface area contributed by atoms with E-state index in [9.17, 15) is 65.1 Å². The van der Waals surface area contributed by atoms with E-state index in [-0.39, 0.29) is 22.3 Å². The largest absolute Gasteiger partial charge is 0.504 e. The maximum absolute atomic E-state index is 13.3. The fourth-order valence-electron chi connectivity index (χ4n) is 5.40. The van der Waals surface area contributed by atoms with Crippen LogP contribution in [0.2, 0.25) is 0 Å². The van der Waals surface area contributed by atoms with Crippen LogP contribution in [-0.4, -0.2) is 107 Å². The van der Waals surface area contributed by atoms with Crippen LogP contribution in [0.5, 0.6) is 46.0 Å². The van der Waals surface area contributed by atoms with Crippen molar-refractivity contribution in [2.24, 2.45) is 0 Å². The Kier molecular flexibility index (Phi) is 14.0. The summed E-state index contributed by atoms with van der Waals surface area (Å²) in [6.07, 6.45) is -1.16. The number of aliphatic hydroxyl groups excluding tert-OH is 1. The molecule has 312 valence electrons. The van der Waals surface area contributed by atoms with Crippen LogP contribution in [0, 0.1) is 0 Å². The molecule has 1 aliphatic heterocycles. The molecule has 60 heavy (non-hydrogen) atoms. The molecule has 18 nitrogen and oxygen atoms in total. The molecule has 1 saturated heterocycles. The first kappa shape index (κ1) is 43.2. The van der Waals surface area contributed by atoms with Gasteiger partial charge in [-0.15, -0.1) is 0 Å². The molecule has 4 aromatic rings. The summed E-state index contributed by atoms with van der Waals surface area (Å²) in [5.41, 5.74) is 0.965. The number of carbonyl (C=O) groups excluding carboxylic acids is 4. The molecule has 0 saturated carbocycles. The maximum Gasteiger partial charge on any atom is 0.331 e. The van der Waals surface area contributed by atoms with Gasteiger partial charge in [0.1, 0.15) is 12.7 Å². The standard InChI is InChI=1S/C42H36O18/c43-26-9-1-22(17-30(26)47)5-13-35(51)56-21-34-39(58-36(52)14-6-23-2-10-27(44)31(48)18-23)40(59-37(53)15-7-24-3-11-28(45)32(49)19-24)41(42(55)57-34)60-38(54)16-8-25-4-12-29(46)33(50)20-25/h1-20,34,39-50,55H,21H2/b13-5+,14-6+,15-7+,16-8+/t34-,39-,40+,41-,42+/m1/s1. The van der Waals surface area contributed by atoms with Crippen LogP contribution in [0.4, 0.5) is 0 Å². The van der Waals surface area contributed by atoms with Gasteiger partial charge < -0.3 is 69.6 Å². The zero-order valence-electron chi connectivity index (χ0n) is 30.8. The molecule has 0 radical (unpaired) electrons. The Balaban J connectivity index is 1.45. The Morgan fingerprint density at radius 3 is 1.12 bits per heavy atom. The van der Waals surface area contributed by atoms with E-state index in [4.69, 9.17) is 23.7 Å². The van der Waals surface area contributed by atoms with E-state index in [0.29, 0.717) is 0 Å². The third kappa shape index (κ3) is 11.8. The topological polar surface area (TPSA) is 296 Å². The minimum atomic E-state index is -2.14. The number of phenols is 8. The Morgan fingerprint density at radius 1 is 0.450 bits per heavy atom. The number of hydrogen-bond acceptors (Lipinski definition) is 18. The Labute approximate surface area is 339 Å². The van der Waals surface area contributed by atoms with Crippen LogP contribution in [0.3, 0.4) is 0 Å². The lowest BCUT2D eigenvalue weighted by molar-refractivity contribution is -0.294. The summed E-state index contributed by atoms with van der Waals surface area (Å²) >= 11 is 0. The first-order chi connectivity index (χ1) is 28.6. The smallest absolute Gasteiger partial charge is 0.331 e. The lowest BCUT2D eigenvalue weighted by Gasteiger charge is -2.42. The van der Waals surface area contributed by atoms with Crippen molar-refractivity contribution in [3.63, 3.8) is 0 Å². The molecule has 1 aliphatic rings. The van der Waals surface area contributed by atoms with Crippen molar-refractivity contribution in [2.75, 3.05) is 6.61 Å². The van der Waals surface area contributed by atoms with Crippen molar-refractivity contribution in [1.82, 2.24) is 0 Å². The molecule has 0 spiro atoms. The van der Waals surface area contributed by atoms with Gasteiger partial charge in [0, 0.05) is 24.3 Å². The molecule has 0 amide bonds. The van der Waals surface area contributed by atoms with Crippen molar-refractivity contribution in [3.8, 4) is 46.0 Å². The second-order valence-corrected chi connectivity index (χ2v) is 12.7. The molecule has 1 fully saturated rings. The zero-order chi connectivity index (χ0) is 43.5. The van der Waals surface area contributed by atoms with E-state index < -0.39 is 107 Å². The van der Waals surface area contributed by atoms with E-state index in [1.54, 1.807) is 0 Å². The van der Waals surface area contributed by atoms with Gasteiger partial charge in [0.25, 0.3) is 0 Å². The lowest BCUT2D eigenvalue weighted by Crippen LogP contribution is -2.62. The maximum atomic E-state index is 13.3. The molecule has 0 unspecified atom stereocenters. The fourth-order valence-corrected chi connectivity index (χ4v) is 5.40. The van der Waals surface area contributed by atoms with Crippen LogP contribution in [-0.2, 0) is 42.9 Å². The normalized spacial score (nSPS) is 19.1. The van der Waals surface area contributed by atoms with Gasteiger partial charge >= 0.3 is 23.9 Å². The summed E-state index contributed by atoms with van der Waals surface area (Å²) in [5.74, 6) is -8.15. The van der Waals surface area contributed by atoms with Crippen LogP contribution in [0.15, 0.2) is 97.1 Å². The molecule has 4 aromatic carbocycles. The van der Waals surface area contributed by atoms with Gasteiger partial charge in [0.05, 0.1) is 0 Å². The average molecular weight is 829 g/mol. The number of benzene rings is 4. The summed E-state index contributed by atoms with van der Waals surface area (Å²) in [7, 11) is 0. The number of carbonyl (C=O) groups is 4. The molecule has 0 bridgehead atoms. The average Bonchev–Trinajstić information content (AvgIpc) is 3.21. The molecule has 5 atom stereocenters. The van der Waals surface area contributed by atoms with E-state index >= 15 is 0 Å². The van der Waals surface area contributed by atoms with Crippen molar-refractivity contribution in [1.29, 1.82) is 0 Å². The number of hydrogen-bond donors (Lipinski definition) is 9. The van der Waals surface area contributed by atoms with Crippen molar-refractivity contribution < 1.29 is 88.8 Å². The van der Waals surface area contributed by atoms with Crippen LogP contribution in [0.1, 0.15) is 22.3 Å². The second-order valence-electron chi connectivity index (χ2n) is 12.7. The number of aromatic hydroxyl groups is 8. The van der Waals surface area contributed by atoms with Crippen LogP contribution < -0.4 is 0 Å². The molecule has 5 rings (SSSR count). The Hall–Kier alpha value is -7.96. The fraction of sp³-hybridized carbons (Fsp3) is 0.143. The van der Waals surface area contributed by atoms with Crippen LogP contribution in [0.25, 0.3) is 24.3 Å². The summed E-state index contributed by atoms with van der Waals surface area (Å²) in [4.78, 5) is 52.5. The monoisotopic (exact) mass is 828 g/mol. The highest BCUT2D eigenvalue weighted by Gasteiger charge is 2.52. The first-order valence-corrected chi connectivity index (χ1v) is 17.5. The number of phenolic OH excluding ortho intramolecular Hbond substituents is 8. The number of esters is 4.